The number of aliphatic hydroxyl groups excluding tert-OH is 1. The lowest BCUT2D eigenvalue weighted by molar-refractivity contribution is 0.0779. The monoisotopic (exact) mass is 365 g/mol. The van der Waals surface area contributed by atoms with E-state index in [-0.39, 0.29) is 18.4 Å². The van der Waals surface area contributed by atoms with Gasteiger partial charge in [0.2, 0.25) is 0 Å². The second-order valence-corrected chi connectivity index (χ2v) is 7.94. The second-order valence-electron chi connectivity index (χ2n) is 7.54. The third-order valence-electron chi connectivity index (χ3n) is 5.34. The Morgan fingerprint density at radius 3 is 2.52 bits per heavy atom. The number of aliphatic hydroxyl groups is 1. The number of benzene rings is 1. The van der Waals surface area contributed by atoms with Crippen LogP contribution in [0.5, 0.6) is 0 Å². The van der Waals surface area contributed by atoms with Crippen LogP contribution in [0.25, 0.3) is 0 Å². The van der Waals surface area contributed by atoms with Crippen molar-refractivity contribution in [3.05, 3.63) is 28.8 Å². The lowest BCUT2D eigenvalue weighted by atomic mass is 9.97. The Kier molecular flexibility index (Phi) is 5.87. The maximum atomic E-state index is 12.9. The van der Waals surface area contributed by atoms with Gasteiger partial charge < -0.3 is 19.8 Å². The molecule has 1 aromatic carbocycles. The molecule has 25 heavy (non-hydrogen) atoms. The zero-order valence-corrected chi connectivity index (χ0v) is 15.9. The molecule has 1 aromatic rings. The number of halogens is 1. The zero-order chi connectivity index (χ0) is 18.0. The lowest BCUT2D eigenvalue weighted by Crippen LogP contribution is -2.31. The number of hydrogen-bond acceptors (Lipinski definition) is 4. The van der Waals surface area contributed by atoms with Crippen molar-refractivity contribution in [2.24, 2.45) is 11.8 Å². The van der Waals surface area contributed by atoms with E-state index in [1.165, 1.54) is 12.8 Å². The van der Waals surface area contributed by atoms with E-state index in [0.717, 1.165) is 25.3 Å². The topological polar surface area (TPSA) is 47.0 Å². The Balaban J connectivity index is 1.71. The number of hydrogen-bond donors (Lipinski definition) is 1. The summed E-state index contributed by atoms with van der Waals surface area (Å²) in [6.45, 7) is 4.36. The van der Waals surface area contributed by atoms with Crippen molar-refractivity contribution in [2.75, 3.05) is 58.3 Å². The van der Waals surface area contributed by atoms with Gasteiger partial charge in [0.25, 0.3) is 5.91 Å². The summed E-state index contributed by atoms with van der Waals surface area (Å²) in [5, 5.41) is 10.3. The number of amides is 1. The van der Waals surface area contributed by atoms with E-state index in [0.29, 0.717) is 29.6 Å². The number of nitrogens with zero attached hydrogens (tertiary/aromatic N) is 3. The predicted molar refractivity (Wildman–Crippen MR) is 101 cm³/mol. The summed E-state index contributed by atoms with van der Waals surface area (Å²) in [6.07, 6.45) is 2.39. The normalized spacial score (nSPS) is 23.7. The van der Waals surface area contributed by atoms with Crippen LogP contribution in [-0.4, -0.2) is 74.2 Å². The molecule has 0 saturated carbocycles. The summed E-state index contributed by atoms with van der Waals surface area (Å²) in [7, 11) is 4.05. The molecule has 0 aromatic heterocycles. The fourth-order valence-electron chi connectivity index (χ4n) is 4.02. The van der Waals surface area contributed by atoms with Crippen molar-refractivity contribution in [1.29, 1.82) is 0 Å². The van der Waals surface area contributed by atoms with E-state index in [4.69, 9.17) is 11.6 Å². The molecule has 5 nitrogen and oxygen atoms in total. The van der Waals surface area contributed by atoms with Crippen LogP contribution in [0.15, 0.2) is 18.2 Å². The number of rotatable bonds is 5. The molecule has 2 atom stereocenters. The van der Waals surface area contributed by atoms with Crippen LogP contribution >= 0.6 is 11.6 Å². The van der Waals surface area contributed by atoms with Gasteiger partial charge in [-0.1, -0.05) is 11.6 Å². The molecular formula is C19H28ClN3O2. The van der Waals surface area contributed by atoms with E-state index >= 15 is 0 Å². The Labute approximate surface area is 155 Å². The van der Waals surface area contributed by atoms with E-state index in [2.05, 4.69) is 9.80 Å². The number of carbonyl (C=O) groups excluding carboxylic acids is 1. The number of likely N-dealkylation sites (tertiary alicyclic amines) is 1. The molecular weight excluding hydrogens is 338 g/mol. The van der Waals surface area contributed by atoms with Crippen molar-refractivity contribution in [3.8, 4) is 0 Å². The van der Waals surface area contributed by atoms with Gasteiger partial charge in [0.15, 0.2) is 0 Å². The molecule has 0 aliphatic carbocycles. The van der Waals surface area contributed by atoms with Gasteiger partial charge in [-0.05, 0) is 51.1 Å². The first-order valence-corrected chi connectivity index (χ1v) is 9.46. The molecule has 0 radical (unpaired) electrons. The zero-order valence-electron chi connectivity index (χ0n) is 15.1. The molecule has 3 rings (SSSR count). The Bertz CT molecular complexity index is 617. The SMILES string of the molecule is CN(C)C[C@@H]1CN(C(=O)c2ccc(N3CCCC3)c(Cl)c2)C[C@@H]1CO. The molecule has 1 N–H and O–H groups in total. The molecule has 6 heteroatoms. The summed E-state index contributed by atoms with van der Waals surface area (Å²) < 4.78 is 0. The summed E-state index contributed by atoms with van der Waals surface area (Å²) >= 11 is 6.45. The fourth-order valence-corrected chi connectivity index (χ4v) is 4.32. The molecule has 2 heterocycles. The summed E-state index contributed by atoms with van der Waals surface area (Å²) in [6, 6.07) is 5.65. The second kappa shape index (κ2) is 7.94. The maximum absolute atomic E-state index is 12.9. The van der Waals surface area contributed by atoms with Gasteiger partial charge in [-0.2, -0.15) is 0 Å². The van der Waals surface area contributed by atoms with Gasteiger partial charge in [-0.3, -0.25) is 4.79 Å². The van der Waals surface area contributed by atoms with Crippen molar-refractivity contribution in [2.45, 2.75) is 12.8 Å². The fraction of sp³-hybridized carbons (Fsp3) is 0.632. The molecule has 2 saturated heterocycles. The van der Waals surface area contributed by atoms with Crippen LogP contribution in [0.3, 0.4) is 0 Å². The van der Waals surface area contributed by atoms with Crippen LogP contribution in [0.1, 0.15) is 23.2 Å². The highest BCUT2D eigenvalue weighted by Crippen LogP contribution is 2.31. The molecule has 0 spiro atoms. The van der Waals surface area contributed by atoms with Crippen molar-refractivity contribution >= 4 is 23.2 Å². The third-order valence-corrected chi connectivity index (χ3v) is 5.64. The van der Waals surface area contributed by atoms with Gasteiger partial charge in [0, 0.05) is 50.8 Å². The highest BCUT2D eigenvalue weighted by atomic mass is 35.5. The molecule has 2 aliphatic heterocycles. The van der Waals surface area contributed by atoms with Crippen LogP contribution in [-0.2, 0) is 0 Å². The summed E-state index contributed by atoms with van der Waals surface area (Å²) in [4.78, 5) is 19.1. The first-order valence-electron chi connectivity index (χ1n) is 9.09. The van der Waals surface area contributed by atoms with Gasteiger partial charge in [0.1, 0.15) is 0 Å². The summed E-state index contributed by atoms with van der Waals surface area (Å²) in [5.41, 5.74) is 1.66. The highest BCUT2D eigenvalue weighted by molar-refractivity contribution is 6.33. The van der Waals surface area contributed by atoms with Crippen molar-refractivity contribution < 1.29 is 9.90 Å². The Morgan fingerprint density at radius 1 is 1.24 bits per heavy atom. The number of anilines is 1. The smallest absolute Gasteiger partial charge is 0.253 e. The lowest BCUT2D eigenvalue weighted by Gasteiger charge is -2.21. The first-order chi connectivity index (χ1) is 12.0. The van der Waals surface area contributed by atoms with Crippen LogP contribution < -0.4 is 4.90 Å². The highest BCUT2D eigenvalue weighted by Gasteiger charge is 2.35. The standard InChI is InChI=1S/C19H28ClN3O2/c1-21(2)10-15-11-23(12-16(15)13-24)19(25)14-5-6-18(17(20)9-14)22-7-3-4-8-22/h5-6,9,15-16,24H,3-4,7-8,10-13H2,1-2H3/t15-,16-/m1/s1. The third kappa shape index (κ3) is 4.10. The van der Waals surface area contributed by atoms with E-state index in [9.17, 15) is 9.90 Å². The minimum absolute atomic E-state index is 0.00887. The largest absolute Gasteiger partial charge is 0.396 e. The quantitative estimate of drug-likeness (QED) is 0.868. The Hall–Kier alpha value is -1.30. The van der Waals surface area contributed by atoms with Crippen molar-refractivity contribution in [1.82, 2.24) is 9.80 Å². The first kappa shape index (κ1) is 18.5. The number of carbonyl (C=O) groups is 1. The van der Waals surface area contributed by atoms with Gasteiger partial charge in [-0.25, -0.2) is 0 Å². The average Bonchev–Trinajstić information content (AvgIpc) is 3.23. The molecule has 0 unspecified atom stereocenters. The van der Waals surface area contributed by atoms with Gasteiger partial charge >= 0.3 is 0 Å². The minimum atomic E-state index is 0.00887. The van der Waals surface area contributed by atoms with Crippen LogP contribution in [0.4, 0.5) is 5.69 Å². The van der Waals surface area contributed by atoms with Crippen LogP contribution in [0, 0.1) is 11.8 Å². The molecule has 138 valence electrons. The van der Waals surface area contributed by atoms with Crippen molar-refractivity contribution in [3.63, 3.8) is 0 Å². The maximum Gasteiger partial charge on any atom is 0.253 e. The molecule has 0 bridgehead atoms. The van der Waals surface area contributed by atoms with E-state index in [1.807, 2.05) is 31.1 Å². The minimum Gasteiger partial charge on any atom is -0.396 e. The molecule has 1 amide bonds. The Morgan fingerprint density at radius 2 is 1.92 bits per heavy atom. The van der Waals surface area contributed by atoms with Crippen LogP contribution in [0.2, 0.25) is 5.02 Å². The average molecular weight is 366 g/mol. The van der Waals surface area contributed by atoms with E-state index < -0.39 is 0 Å². The summed E-state index contributed by atoms with van der Waals surface area (Å²) in [5.74, 6) is 0.462. The van der Waals surface area contributed by atoms with Gasteiger partial charge in [0.05, 0.1) is 10.7 Å². The molecule has 2 fully saturated rings. The molecule has 2 aliphatic rings. The predicted octanol–water partition coefficient (Wildman–Crippen LogP) is 2.18. The van der Waals surface area contributed by atoms with E-state index in [1.54, 1.807) is 6.07 Å². The van der Waals surface area contributed by atoms with Gasteiger partial charge in [-0.15, -0.1) is 0 Å².